The molecule has 0 aliphatic carbocycles. The van der Waals surface area contributed by atoms with E-state index in [1.54, 1.807) is 0 Å². The van der Waals surface area contributed by atoms with E-state index in [1.807, 2.05) is 13.2 Å². The average Bonchev–Trinajstić information content (AvgIpc) is 2.28. The predicted octanol–water partition coefficient (Wildman–Crippen LogP) is 4.34. The topological polar surface area (TPSA) is 24.9 Å². The zero-order valence-electron chi connectivity index (χ0n) is 10.6. The Hall–Kier alpha value is -1.09. The number of fused-ring (bicyclic) bond motifs is 1. The molecule has 17 heavy (non-hydrogen) atoms. The normalized spacial score (nSPS) is 11.8. The van der Waals surface area contributed by atoms with Gasteiger partial charge in [0.1, 0.15) is 5.82 Å². The molecule has 0 bridgehead atoms. The summed E-state index contributed by atoms with van der Waals surface area (Å²) in [6.45, 7) is 6.66. The van der Waals surface area contributed by atoms with Gasteiger partial charge in [-0.3, -0.25) is 0 Å². The Bertz CT molecular complexity index is 556. The Kier molecular flexibility index (Phi) is 3.13. The minimum absolute atomic E-state index is 0.154. The molecule has 0 aliphatic heterocycles. The van der Waals surface area contributed by atoms with Crippen molar-refractivity contribution >= 4 is 32.5 Å². The van der Waals surface area contributed by atoms with Gasteiger partial charge in [-0.1, -0.05) is 32.9 Å². The maximum Gasteiger partial charge on any atom is 0.133 e. The number of anilines is 1. The van der Waals surface area contributed by atoms with Crippen molar-refractivity contribution in [2.75, 3.05) is 12.4 Å². The molecule has 0 amide bonds. The zero-order chi connectivity index (χ0) is 12.6. The summed E-state index contributed by atoms with van der Waals surface area (Å²) in [5.41, 5.74) is 1.48. The average molecular weight is 293 g/mol. The molecule has 3 heteroatoms. The van der Waals surface area contributed by atoms with Gasteiger partial charge < -0.3 is 5.32 Å². The van der Waals surface area contributed by atoms with E-state index in [9.17, 15) is 0 Å². The molecule has 0 spiro atoms. The standard InChI is InChI=1S/C14H17BrN2/c1-14(2,3)9-5-6-10-11(7-9)13(16-4)17-8-12(10)15/h5-8H,1-4H3,(H,16,17). The lowest BCUT2D eigenvalue weighted by molar-refractivity contribution is 0.591. The van der Waals surface area contributed by atoms with Gasteiger partial charge in [-0.2, -0.15) is 0 Å². The van der Waals surface area contributed by atoms with Crippen LogP contribution in [0.1, 0.15) is 26.3 Å². The number of halogens is 1. The Labute approximate surface area is 111 Å². The third-order valence-electron chi connectivity index (χ3n) is 2.94. The summed E-state index contributed by atoms with van der Waals surface area (Å²) in [6.07, 6.45) is 1.84. The van der Waals surface area contributed by atoms with Crippen molar-refractivity contribution in [2.45, 2.75) is 26.2 Å². The lowest BCUT2D eigenvalue weighted by Crippen LogP contribution is -2.10. The van der Waals surface area contributed by atoms with E-state index < -0.39 is 0 Å². The molecule has 90 valence electrons. The number of nitrogens with one attached hydrogen (secondary N) is 1. The van der Waals surface area contributed by atoms with Crippen LogP contribution in [0.15, 0.2) is 28.9 Å². The number of hydrogen-bond acceptors (Lipinski definition) is 2. The summed E-state index contributed by atoms with van der Waals surface area (Å²) in [7, 11) is 1.90. The first-order chi connectivity index (χ1) is 7.93. The quantitative estimate of drug-likeness (QED) is 0.846. The van der Waals surface area contributed by atoms with Crippen molar-refractivity contribution in [1.29, 1.82) is 0 Å². The summed E-state index contributed by atoms with van der Waals surface area (Å²) in [4.78, 5) is 4.39. The molecule has 0 aliphatic rings. The lowest BCUT2D eigenvalue weighted by Gasteiger charge is -2.20. The third kappa shape index (κ3) is 2.29. The predicted molar refractivity (Wildman–Crippen MR) is 77.7 cm³/mol. The van der Waals surface area contributed by atoms with Crippen LogP contribution in [-0.2, 0) is 5.41 Å². The van der Waals surface area contributed by atoms with Gasteiger partial charge in [0.15, 0.2) is 0 Å². The van der Waals surface area contributed by atoms with Crippen molar-refractivity contribution in [3.05, 3.63) is 34.4 Å². The first-order valence-electron chi connectivity index (χ1n) is 5.70. The van der Waals surface area contributed by atoms with Gasteiger partial charge in [0, 0.05) is 28.5 Å². The molecular formula is C14H17BrN2. The molecule has 1 N–H and O–H groups in total. The minimum Gasteiger partial charge on any atom is -0.373 e. The molecule has 0 saturated carbocycles. The van der Waals surface area contributed by atoms with E-state index in [1.165, 1.54) is 10.9 Å². The molecule has 2 nitrogen and oxygen atoms in total. The third-order valence-corrected chi connectivity index (χ3v) is 3.57. The fraction of sp³-hybridized carbons (Fsp3) is 0.357. The van der Waals surface area contributed by atoms with E-state index >= 15 is 0 Å². The van der Waals surface area contributed by atoms with Crippen LogP contribution in [0.5, 0.6) is 0 Å². The van der Waals surface area contributed by atoms with Crippen molar-refractivity contribution in [3.63, 3.8) is 0 Å². The first-order valence-corrected chi connectivity index (χ1v) is 6.49. The molecule has 2 aromatic rings. The SMILES string of the molecule is CNc1ncc(Br)c2ccc(C(C)(C)C)cc12. The summed E-state index contributed by atoms with van der Waals surface area (Å²) in [5, 5.41) is 5.50. The zero-order valence-corrected chi connectivity index (χ0v) is 12.2. The summed E-state index contributed by atoms with van der Waals surface area (Å²) < 4.78 is 1.03. The number of rotatable bonds is 1. The largest absolute Gasteiger partial charge is 0.373 e. The Morgan fingerprint density at radius 2 is 1.88 bits per heavy atom. The summed E-state index contributed by atoms with van der Waals surface area (Å²) in [6, 6.07) is 6.56. The van der Waals surface area contributed by atoms with E-state index in [2.05, 4.69) is 65.2 Å². The van der Waals surface area contributed by atoms with E-state index in [0.29, 0.717) is 0 Å². The monoisotopic (exact) mass is 292 g/mol. The van der Waals surface area contributed by atoms with Gasteiger partial charge in [0.05, 0.1) is 0 Å². The first kappa shape index (κ1) is 12.4. The Morgan fingerprint density at radius 3 is 2.47 bits per heavy atom. The molecule has 0 saturated heterocycles. The maximum atomic E-state index is 4.39. The van der Waals surface area contributed by atoms with Crippen LogP contribution in [0.2, 0.25) is 0 Å². The molecule has 0 unspecified atom stereocenters. The highest BCUT2D eigenvalue weighted by molar-refractivity contribution is 9.10. The van der Waals surface area contributed by atoms with E-state index in [-0.39, 0.29) is 5.41 Å². The number of nitrogens with zero attached hydrogens (tertiary/aromatic N) is 1. The fourth-order valence-electron chi connectivity index (χ4n) is 1.87. The van der Waals surface area contributed by atoms with Gasteiger partial charge in [0.2, 0.25) is 0 Å². The van der Waals surface area contributed by atoms with Crippen molar-refractivity contribution in [3.8, 4) is 0 Å². The second-order valence-corrected chi connectivity index (χ2v) is 6.07. The Morgan fingerprint density at radius 1 is 1.18 bits per heavy atom. The molecule has 0 atom stereocenters. The number of benzene rings is 1. The Balaban J connectivity index is 2.75. The van der Waals surface area contributed by atoms with Gasteiger partial charge in [0.25, 0.3) is 0 Å². The summed E-state index contributed by atoms with van der Waals surface area (Å²) in [5.74, 6) is 0.925. The van der Waals surface area contributed by atoms with Crippen LogP contribution in [-0.4, -0.2) is 12.0 Å². The van der Waals surface area contributed by atoms with Gasteiger partial charge in [-0.25, -0.2) is 4.98 Å². The highest BCUT2D eigenvalue weighted by Gasteiger charge is 2.15. The van der Waals surface area contributed by atoms with Crippen molar-refractivity contribution in [1.82, 2.24) is 4.98 Å². The highest BCUT2D eigenvalue weighted by Crippen LogP contribution is 2.32. The van der Waals surface area contributed by atoms with Crippen LogP contribution in [0.4, 0.5) is 5.82 Å². The van der Waals surface area contributed by atoms with Gasteiger partial charge in [-0.05, 0) is 33.0 Å². The molecular weight excluding hydrogens is 276 g/mol. The minimum atomic E-state index is 0.154. The van der Waals surface area contributed by atoms with Crippen LogP contribution in [0, 0.1) is 0 Å². The molecule has 1 aromatic heterocycles. The summed E-state index contributed by atoms with van der Waals surface area (Å²) >= 11 is 3.54. The van der Waals surface area contributed by atoms with Crippen molar-refractivity contribution in [2.24, 2.45) is 0 Å². The van der Waals surface area contributed by atoms with Crippen LogP contribution < -0.4 is 5.32 Å². The molecule has 1 aromatic carbocycles. The fourth-order valence-corrected chi connectivity index (χ4v) is 2.32. The molecule has 0 radical (unpaired) electrons. The molecule has 2 rings (SSSR count). The number of pyridine rings is 1. The molecule has 1 heterocycles. The second kappa shape index (κ2) is 4.30. The van der Waals surface area contributed by atoms with E-state index in [0.717, 1.165) is 15.7 Å². The number of aromatic nitrogens is 1. The molecule has 0 fully saturated rings. The van der Waals surface area contributed by atoms with Crippen molar-refractivity contribution < 1.29 is 0 Å². The number of hydrogen-bond donors (Lipinski definition) is 1. The van der Waals surface area contributed by atoms with Crippen LogP contribution in [0.3, 0.4) is 0 Å². The van der Waals surface area contributed by atoms with E-state index in [4.69, 9.17) is 0 Å². The highest BCUT2D eigenvalue weighted by atomic mass is 79.9. The smallest absolute Gasteiger partial charge is 0.133 e. The maximum absolute atomic E-state index is 4.39. The van der Waals surface area contributed by atoms with Crippen LogP contribution >= 0.6 is 15.9 Å². The lowest BCUT2D eigenvalue weighted by atomic mass is 9.86. The van der Waals surface area contributed by atoms with Gasteiger partial charge >= 0.3 is 0 Å². The van der Waals surface area contributed by atoms with Gasteiger partial charge in [-0.15, -0.1) is 0 Å². The van der Waals surface area contributed by atoms with Crippen LogP contribution in [0.25, 0.3) is 10.8 Å². The second-order valence-electron chi connectivity index (χ2n) is 5.22.